The standard InChI is InChI=1S/C20H25N4O6S/c1-20(2,3)19-24-23-18(30-19)17(27)14(11-15(21)25)22-16(26)9-10-31(28,29)12-13-7-5-4-6-8-13/h4-9,14H,10-12H2,1-3H3,(H2,21,25)(H,22,26). The first-order valence-electron chi connectivity index (χ1n) is 9.42. The van der Waals surface area contributed by atoms with E-state index < -0.39 is 51.1 Å². The molecule has 0 fully saturated rings. The number of nitrogens with two attached hydrogens (primary N) is 1. The molecule has 2 aromatic rings. The van der Waals surface area contributed by atoms with Gasteiger partial charge in [-0.1, -0.05) is 51.1 Å². The molecule has 1 radical (unpaired) electrons. The van der Waals surface area contributed by atoms with Crippen LogP contribution in [0.2, 0.25) is 0 Å². The Morgan fingerprint density at radius 1 is 1.16 bits per heavy atom. The molecule has 0 aliphatic rings. The normalized spacial score (nSPS) is 12.9. The summed E-state index contributed by atoms with van der Waals surface area (Å²) in [6, 6.07) is 7.14. The summed E-state index contributed by atoms with van der Waals surface area (Å²) in [5, 5.41) is 9.77. The molecule has 0 bridgehead atoms. The van der Waals surface area contributed by atoms with Gasteiger partial charge in [0.25, 0.3) is 5.89 Å². The minimum Gasteiger partial charge on any atom is -0.418 e. The molecule has 31 heavy (non-hydrogen) atoms. The fraction of sp³-hybridized carbons (Fsp3) is 0.400. The molecule has 0 saturated carbocycles. The van der Waals surface area contributed by atoms with Gasteiger partial charge in [0, 0.05) is 5.41 Å². The van der Waals surface area contributed by atoms with E-state index in [1.807, 2.05) is 20.8 Å². The van der Waals surface area contributed by atoms with Gasteiger partial charge in [-0.05, 0) is 5.56 Å². The van der Waals surface area contributed by atoms with Crippen molar-refractivity contribution in [2.75, 3.05) is 5.75 Å². The molecule has 0 spiro atoms. The van der Waals surface area contributed by atoms with Gasteiger partial charge >= 0.3 is 0 Å². The maximum Gasteiger partial charge on any atom is 0.286 e. The van der Waals surface area contributed by atoms with Gasteiger partial charge in [-0.2, -0.15) is 0 Å². The van der Waals surface area contributed by atoms with Gasteiger partial charge in [-0.15, -0.1) is 10.2 Å². The highest BCUT2D eigenvalue weighted by atomic mass is 32.2. The molecule has 1 aromatic carbocycles. The second-order valence-electron chi connectivity index (χ2n) is 8.00. The van der Waals surface area contributed by atoms with E-state index in [0.717, 1.165) is 6.42 Å². The maximum atomic E-state index is 12.6. The van der Waals surface area contributed by atoms with E-state index in [1.54, 1.807) is 30.3 Å². The summed E-state index contributed by atoms with van der Waals surface area (Å²) in [6.45, 7) is 5.42. The van der Waals surface area contributed by atoms with Gasteiger partial charge in [0.05, 0.1) is 24.3 Å². The lowest BCUT2D eigenvalue weighted by atomic mass is 9.97. The SMILES string of the molecule is CC(C)(C)c1nnc(C(=O)C(CC(N)=O)NC(=O)[CH]CS(=O)(=O)Cc2ccccc2)o1. The maximum absolute atomic E-state index is 12.6. The third kappa shape index (κ3) is 7.59. The molecule has 11 heteroatoms. The lowest BCUT2D eigenvalue weighted by Crippen LogP contribution is -2.44. The number of benzene rings is 1. The van der Waals surface area contributed by atoms with Crippen LogP contribution in [0.1, 0.15) is 49.3 Å². The zero-order chi connectivity index (χ0) is 23.2. The summed E-state index contributed by atoms with van der Waals surface area (Å²) in [4.78, 5) is 36.2. The van der Waals surface area contributed by atoms with E-state index in [-0.39, 0.29) is 17.5 Å². The van der Waals surface area contributed by atoms with Crippen molar-refractivity contribution in [3.8, 4) is 0 Å². The number of carbonyl (C=O) groups is 3. The first kappa shape index (κ1) is 24.2. The van der Waals surface area contributed by atoms with Gasteiger partial charge in [0.1, 0.15) is 6.04 Å². The monoisotopic (exact) mass is 449 g/mol. The molecular formula is C20H25N4O6S. The van der Waals surface area contributed by atoms with Crippen LogP contribution in [0.4, 0.5) is 0 Å². The van der Waals surface area contributed by atoms with Crippen LogP contribution in [0.15, 0.2) is 34.7 Å². The summed E-state index contributed by atoms with van der Waals surface area (Å²) in [7, 11) is -3.61. The first-order valence-corrected chi connectivity index (χ1v) is 11.2. The van der Waals surface area contributed by atoms with Gasteiger partial charge in [0.15, 0.2) is 9.84 Å². The summed E-state index contributed by atoms with van der Waals surface area (Å²) in [5.41, 5.74) is 5.26. The van der Waals surface area contributed by atoms with Gasteiger partial charge in [-0.25, -0.2) is 8.42 Å². The average molecular weight is 450 g/mol. The molecule has 1 heterocycles. The molecule has 10 nitrogen and oxygen atoms in total. The number of nitrogens with one attached hydrogen (secondary N) is 1. The fourth-order valence-corrected chi connectivity index (χ4v) is 3.73. The number of Topliss-reactive ketones (excluding diaryl/α,β-unsaturated/α-hetero) is 1. The van der Waals surface area contributed by atoms with E-state index in [0.29, 0.717) is 5.56 Å². The molecule has 2 rings (SSSR count). The number of hydrogen-bond acceptors (Lipinski definition) is 8. The topological polar surface area (TPSA) is 162 Å². The largest absolute Gasteiger partial charge is 0.418 e. The molecule has 1 atom stereocenters. The Balaban J connectivity index is 2.03. The highest BCUT2D eigenvalue weighted by Gasteiger charge is 2.31. The second-order valence-corrected chi connectivity index (χ2v) is 10.1. The van der Waals surface area contributed by atoms with Gasteiger partial charge in [-0.3, -0.25) is 14.4 Å². The zero-order valence-corrected chi connectivity index (χ0v) is 18.3. The number of nitrogens with zero attached hydrogens (tertiary/aromatic N) is 2. The highest BCUT2D eigenvalue weighted by Crippen LogP contribution is 2.21. The molecule has 0 aliphatic carbocycles. The number of carbonyl (C=O) groups excluding carboxylic acids is 3. The number of amides is 2. The van der Waals surface area contributed by atoms with Crippen molar-refractivity contribution in [2.24, 2.45) is 5.73 Å². The van der Waals surface area contributed by atoms with Crippen molar-refractivity contribution in [3.63, 3.8) is 0 Å². The zero-order valence-electron chi connectivity index (χ0n) is 17.5. The number of aromatic nitrogens is 2. The number of hydrogen-bond donors (Lipinski definition) is 2. The molecule has 0 aliphatic heterocycles. The quantitative estimate of drug-likeness (QED) is 0.501. The second kappa shape index (κ2) is 9.82. The smallest absolute Gasteiger partial charge is 0.286 e. The van der Waals surface area contributed by atoms with Crippen molar-refractivity contribution in [3.05, 3.63) is 54.1 Å². The predicted octanol–water partition coefficient (Wildman–Crippen LogP) is 0.729. The van der Waals surface area contributed by atoms with Crippen LogP contribution in [-0.2, 0) is 30.6 Å². The van der Waals surface area contributed by atoms with Gasteiger partial charge < -0.3 is 15.5 Å². The van der Waals surface area contributed by atoms with Crippen LogP contribution in [0.25, 0.3) is 0 Å². The Morgan fingerprint density at radius 2 is 1.81 bits per heavy atom. The van der Waals surface area contributed by atoms with E-state index in [9.17, 15) is 22.8 Å². The van der Waals surface area contributed by atoms with Crippen molar-refractivity contribution in [1.82, 2.24) is 15.5 Å². The molecular weight excluding hydrogens is 424 g/mol. The molecule has 2 amide bonds. The lowest BCUT2D eigenvalue weighted by molar-refractivity contribution is -0.119. The third-order valence-corrected chi connectivity index (χ3v) is 5.52. The molecule has 167 valence electrons. The van der Waals surface area contributed by atoms with E-state index in [2.05, 4.69) is 15.5 Å². The highest BCUT2D eigenvalue weighted by molar-refractivity contribution is 7.90. The molecule has 1 aromatic heterocycles. The van der Waals surface area contributed by atoms with Crippen LogP contribution in [0.5, 0.6) is 0 Å². The van der Waals surface area contributed by atoms with Crippen LogP contribution < -0.4 is 11.1 Å². The van der Waals surface area contributed by atoms with E-state index in [4.69, 9.17) is 10.2 Å². The predicted molar refractivity (Wildman–Crippen MR) is 111 cm³/mol. The lowest BCUT2D eigenvalue weighted by Gasteiger charge is -2.15. The third-order valence-electron chi connectivity index (χ3n) is 4.07. The molecule has 1 unspecified atom stereocenters. The summed E-state index contributed by atoms with van der Waals surface area (Å²) in [6.07, 6.45) is 0.385. The minimum absolute atomic E-state index is 0.207. The van der Waals surface area contributed by atoms with Crippen molar-refractivity contribution >= 4 is 27.4 Å². The van der Waals surface area contributed by atoms with Crippen molar-refractivity contribution < 1.29 is 27.2 Å². The summed E-state index contributed by atoms with van der Waals surface area (Å²) >= 11 is 0. The van der Waals surface area contributed by atoms with Crippen LogP contribution in [0, 0.1) is 6.42 Å². The number of rotatable bonds is 10. The van der Waals surface area contributed by atoms with Crippen LogP contribution in [-0.4, -0.2) is 48.0 Å². The number of ketones is 1. The van der Waals surface area contributed by atoms with E-state index in [1.165, 1.54) is 0 Å². The Bertz CT molecular complexity index is 1040. The Morgan fingerprint density at radius 3 is 2.35 bits per heavy atom. The average Bonchev–Trinajstić information content (AvgIpc) is 3.16. The van der Waals surface area contributed by atoms with E-state index >= 15 is 0 Å². The van der Waals surface area contributed by atoms with Gasteiger partial charge in [0.2, 0.25) is 23.5 Å². The van der Waals surface area contributed by atoms with Crippen LogP contribution in [0.3, 0.4) is 0 Å². The Hall–Kier alpha value is -3.08. The fourth-order valence-electron chi connectivity index (χ4n) is 2.51. The molecule has 0 saturated heterocycles. The van der Waals surface area contributed by atoms with Crippen molar-refractivity contribution in [2.45, 2.75) is 44.4 Å². The summed E-state index contributed by atoms with van der Waals surface area (Å²) in [5.74, 6) is -3.43. The van der Waals surface area contributed by atoms with Crippen molar-refractivity contribution in [1.29, 1.82) is 0 Å². The van der Waals surface area contributed by atoms with Crippen LogP contribution >= 0.6 is 0 Å². The minimum atomic E-state index is -3.61. The first-order chi connectivity index (χ1) is 14.4. The Kier molecular flexibility index (Phi) is 7.66. The number of sulfone groups is 1. The Labute approximate surface area is 180 Å². The summed E-state index contributed by atoms with van der Waals surface area (Å²) < 4.78 is 29.8. The molecule has 3 N–H and O–H groups in total. The number of primary amides is 1.